The highest BCUT2D eigenvalue weighted by atomic mass is 79.9. The highest BCUT2D eigenvalue weighted by Gasteiger charge is 2.18. The van der Waals surface area contributed by atoms with Gasteiger partial charge in [-0.15, -0.1) is 0 Å². The van der Waals surface area contributed by atoms with E-state index in [4.69, 9.17) is 9.15 Å². The summed E-state index contributed by atoms with van der Waals surface area (Å²) in [4.78, 5) is 25.6. The van der Waals surface area contributed by atoms with Crippen molar-refractivity contribution in [2.75, 3.05) is 30.5 Å². The van der Waals surface area contributed by atoms with Gasteiger partial charge in [0, 0.05) is 22.9 Å². The molecule has 0 spiro atoms. The van der Waals surface area contributed by atoms with E-state index in [-0.39, 0.29) is 12.5 Å². The summed E-state index contributed by atoms with van der Waals surface area (Å²) in [6, 6.07) is 16.0. The standard InChI is InChI=1S/C22H20BrNO5/c1-27-22(26)16-8-10-18(11-9-16)28-14-13-24(20(25)7-4-12-23)21-15-17-5-2-3-6-19(17)29-21/h2-11,15H,12-14H2,1H3. The SMILES string of the molecule is COC(=O)c1ccc(OCCN(C(=O)C=CCBr)c2cc3ccccc3o2)cc1. The van der Waals surface area contributed by atoms with Crippen LogP contribution in [-0.2, 0) is 9.53 Å². The summed E-state index contributed by atoms with van der Waals surface area (Å²) in [6.07, 6.45) is 3.22. The summed E-state index contributed by atoms with van der Waals surface area (Å²) < 4.78 is 16.3. The molecule has 1 amide bonds. The van der Waals surface area contributed by atoms with Crippen molar-refractivity contribution in [1.29, 1.82) is 0 Å². The van der Waals surface area contributed by atoms with E-state index < -0.39 is 5.97 Å². The Morgan fingerprint density at radius 2 is 1.90 bits per heavy atom. The lowest BCUT2D eigenvalue weighted by Crippen LogP contribution is -2.33. The van der Waals surface area contributed by atoms with Gasteiger partial charge in [0.15, 0.2) is 0 Å². The lowest BCUT2D eigenvalue weighted by molar-refractivity contribution is -0.114. The number of rotatable bonds is 8. The van der Waals surface area contributed by atoms with Gasteiger partial charge in [0.2, 0.25) is 5.88 Å². The molecule has 0 aliphatic carbocycles. The number of furan rings is 1. The average Bonchev–Trinajstić information content (AvgIpc) is 3.18. The number of para-hydroxylation sites is 1. The van der Waals surface area contributed by atoms with E-state index in [2.05, 4.69) is 20.7 Å². The number of fused-ring (bicyclic) bond motifs is 1. The molecule has 150 valence electrons. The number of amides is 1. The number of ether oxygens (including phenoxy) is 2. The van der Waals surface area contributed by atoms with Crippen molar-refractivity contribution in [2.45, 2.75) is 0 Å². The number of carbonyl (C=O) groups excluding carboxylic acids is 2. The highest BCUT2D eigenvalue weighted by molar-refractivity contribution is 9.09. The second-order valence-electron chi connectivity index (χ2n) is 6.03. The molecule has 3 aromatic rings. The summed E-state index contributed by atoms with van der Waals surface area (Å²) in [6.45, 7) is 0.548. The fourth-order valence-electron chi connectivity index (χ4n) is 2.73. The Morgan fingerprint density at radius 3 is 2.59 bits per heavy atom. The van der Waals surface area contributed by atoms with Gasteiger partial charge in [-0.1, -0.05) is 40.2 Å². The molecule has 1 aromatic heterocycles. The molecule has 6 nitrogen and oxygen atoms in total. The molecule has 0 saturated heterocycles. The maximum Gasteiger partial charge on any atom is 0.337 e. The van der Waals surface area contributed by atoms with Crippen molar-refractivity contribution in [2.24, 2.45) is 0 Å². The third kappa shape index (κ3) is 5.26. The van der Waals surface area contributed by atoms with Crippen LogP contribution in [0.4, 0.5) is 5.88 Å². The molecule has 0 aliphatic rings. The van der Waals surface area contributed by atoms with Gasteiger partial charge < -0.3 is 13.9 Å². The molecule has 0 bridgehead atoms. The van der Waals surface area contributed by atoms with E-state index in [1.165, 1.54) is 18.1 Å². The zero-order chi connectivity index (χ0) is 20.6. The van der Waals surface area contributed by atoms with Gasteiger partial charge in [0.25, 0.3) is 5.91 Å². The second kappa shape index (κ2) is 9.93. The lowest BCUT2D eigenvalue weighted by Gasteiger charge is -2.18. The first-order chi connectivity index (χ1) is 14.1. The molecule has 0 aliphatic heterocycles. The first-order valence-electron chi connectivity index (χ1n) is 8.96. The van der Waals surface area contributed by atoms with Crippen LogP contribution >= 0.6 is 15.9 Å². The van der Waals surface area contributed by atoms with Crippen LogP contribution in [0.15, 0.2) is 71.2 Å². The molecule has 29 heavy (non-hydrogen) atoms. The molecule has 2 aromatic carbocycles. The summed E-state index contributed by atoms with van der Waals surface area (Å²) in [5, 5.41) is 1.50. The number of esters is 1. The first-order valence-corrected chi connectivity index (χ1v) is 10.1. The summed E-state index contributed by atoms with van der Waals surface area (Å²) in [7, 11) is 1.33. The first kappa shape index (κ1) is 20.7. The number of carbonyl (C=O) groups is 2. The Morgan fingerprint density at radius 1 is 1.14 bits per heavy atom. The van der Waals surface area contributed by atoms with Crippen LogP contribution < -0.4 is 9.64 Å². The van der Waals surface area contributed by atoms with Crippen LogP contribution in [0.25, 0.3) is 11.0 Å². The fraction of sp³-hybridized carbons (Fsp3) is 0.182. The number of halogens is 1. The van der Waals surface area contributed by atoms with Crippen molar-refractivity contribution in [3.8, 4) is 5.75 Å². The normalized spacial score (nSPS) is 11.0. The molecule has 0 saturated carbocycles. The van der Waals surface area contributed by atoms with Crippen molar-refractivity contribution in [3.05, 3.63) is 72.3 Å². The van der Waals surface area contributed by atoms with E-state index in [0.717, 1.165) is 5.39 Å². The van der Waals surface area contributed by atoms with Gasteiger partial charge in [0.1, 0.15) is 17.9 Å². The van der Waals surface area contributed by atoms with Gasteiger partial charge >= 0.3 is 5.97 Å². The number of hydrogen-bond acceptors (Lipinski definition) is 5. The van der Waals surface area contributed by atoms with Crippen LogP contribution in [-0.4, -0.2) is 37.5 Å². The third-order valence-electron chi connectivity index (χ3n) is 4.15. The van der Waals surface area contributed by atoms with E-state index in [1.807, 2.05) is 30.3 Å². The molecule has 0 radical (unpaired) electrons. The smallest absolute Gasteiger partial charge is 0.337 e. The van der Waals surface area contributed by atoms with E-state index in [9.17, 15) is 9.59 Å². The number of hydrogen-bond donors (Lipinski definition) is 0. The van der Waals surface area contributed by atoms with Crippen LogP contribution in [0.3, 0.4) is 0 Å². The zero-order valence-electron chi connectivity index (χ0n) is 15.8. The van der Waals surface area contributed by atoms with Crippen molar-refractivity contribution >= 4 is 44.7 Å². The Labute approximate surface area is 176 Å². The Kier molecular flexibility index (Phi) is 7.08. The number of methoxy groups -OCH3 is 1. The van der Waals surface area contributed by atoms with Crippen LogP contribution in [0.2, 0.25) is 0 Å². The average molecular weight is 458 g/mol. The largest absolute Gasteiger partial charge is 0.492 e. The molecule has 0 fully saturated rings. The number of benzene rings is 2. The predicted octanol–water partition coefficient (Wildman–Crippen LogP) is 4.58. The van der Waals surface area contributed by atoms with Crippen molar-refractivity contribution in [1.82, 2.24) is 0 Å². The molecule has 7 heteroatoms. The van der Waals surface area contributed by atoms with Gasteiger partial charge in [-0.05, 0) is 30.3 Å². The topological polar surface area (TPSA) is 69.0 Å². The number of allylic oxidation sites excluding steroid dienone is 1. The minimum atomic E-state index is -0.406. The molecule has 3 rings (SSSR count). The predicted molar refractivity (Wildman–Crippen MR) is 115 cm³/mol. The molecule has 1 heterocycles. The summed E-state index contributed by atoms with van der Waals surface area (Å²) >= 11 is 3.28. The number of alkyl halides is 1. The van der Waals surface area contributed by atoms with E-state index in [1.54, 1.807) is 30.3 Å². The Bertz CT molecular complexity index is 976. The monoisotopic (exact) mass is 457 g/mol. The fourth-order valence-corrected chi connectivity index (χ4v) is 2.91. The lowest BCUT2D eigenvalue weighted by atomic mass is 10.2. The van der Waals surface area contributed by atoms with Crippen LogP contribution in [0.5, 0.6) is 5.75 Å². The maximum absolute atomic E-state index is 12.6. The second-order valence-corrected chi connectivity index (χ2v) is 6.68. The maximum atomic E-state index is 12.6. The summed E-state index contributed by atoms with van der Waals surface area (Å²) in [5.74, 6) is 0.440. The molecule has 0 unspecified atom stereocenters. The van der Waals surface area contributed by atoms with E-state index >= 15 is 0 Å². The molecular weight excluding hydrogens is 438 g/mol. The van der Waals surface area contributed by atoms with Gasteiger partial charge in [-0.25, -0.2) is 4.79 Å². The Hall–Kier alpha value is -3.06. The minimum Gasteiger partial charge on any atom is -0.492 e. The van der Waals surface area contributed by atoms with Crippen LogP contribution in [0, 0.1) is 0 Å². The molecular formula is C22H20BrNO5. The van der Waals surface area contributed by atoms with Crippen molar-refractivity contribution in [3.63, 3.8) is 0 Å². The number of nitrogens with zero attached hydrogens (tertiary/aromatic N) is 1. The van der Waals surface area contributed by atoms with Gasteiger partial charge in [0.05, 0.1) is 19.2 Å². The zero-order valence-corrected chi connectivity index (χ0v) is 17.4. The highest BCUT2D eigenvalue weighted by Crippen LogP contribution is 2.26. The van der Waals surface area contributed by atoms with Crippen molar-refractivity contribution < 1.29 is 23.5 Å². The Balaban J connectivity index is 1.71. The molecule has 0 N–H and O–H groups in total. The summed E-state index contributed by atoms with van der Waals surface area (Å²) in [5.41, 5.74) is 1.16. The third-order valence-corrected chi connectivity index (χ3v) is 4.53. The quantitative estimate of drug-likeness (QED) is 0.281. The van der Waals surface area contributed by atoms with Gasteiger partial charge in [-0.3, -0.25) is 9.69 Å². The minimum absolute atomic E-state index is 0.201. The molecule has 0 atom stereocenters. The van der Waals surface area contributed by atoms with Gasteiger partial charge in [-0.2, -0.15) is 0 Å². The van der Waals surface area contributed by atoms with E-state index in [0.29, 0.717) is 34.7 Å². The van der Waals surface area contributed by atoms with Crippen LogP contribution in [0.1, 0.15) is 10.4 Å². The number of anilines is 1.